The predicted octanol–water partition coefficient (Wildman–Crippen LogP) is 1.75. The number of amides is 2. The van der Waals surface area contributed by atoms with Crippen LogP contribution in [0.5, 0.6) is 0 Å². The zero-order valence-corrected chi connectivity index (χ0v) is 16.2. The maximum Gasteiger partial charge on any atom is 0.263 e. The summed E-state index contributed by atoms with van der Waals surface area (Å²) in [7, 11) is 3.01. The number of rotatable bonds is 9. The minimum atomic E-state index is -0.527. The number of hydrogen-bond acceptors (Lipinski definition) is 4. The molecular formula is C21H25N3O4. The first-order valence-electron chi connectivity index (χ1n) is 9.20. The lowest BCUT2D eigenvalue weighted by Crippen LogP contribution is -2.32. The van der Waals surface area contributed by atoms with Crippen molar-refractivity contribution < 1.29 is 14.4 Å². The highest BCUT2D eigenvalue weighted by Crippen LogP contribution is 2.11. The zero-order chi connectivity index (χ0) is 20.5. The molecule has 2 rings (SSSR count). The van der Waals surface area contributed by atoms with Crippen molar-refractivity contribution in [2.75, 3.05) is 14.1 Å². The van der Waals surface area contributed by atoms with Crippen molar-refractivity contribution >= 4 is 17.6 Å². The summed E-state index contributed by atoms with van der Waals surface area (Å²) in [5.41, 5.74) is 0.700. The Bertz CT molecular complexity index is 904. The van der Waals surface area contributed by atoms with Gasteiger partial charge in [-0.25, -0.2) is 0 Å². The molecule has 0 aliphatic carbocycles. The van der Waals surface area contributed by atoms with Gasteiger partial charge in [-0.1, -0.05) is 30.3 Å². The molecule has 0 bridgehead atoms. The fraction of sp³-hybridized carbons (Fsp3) is 0.333. The summed E-state index contributed by atoms with van der Waals surface area (Å²) in [4.78, 5) is 48.6. The molecule has 0 atom stereocenters. The Morgan fingerprint density at radius 3 is 2.29 bits per heavy atom. The van der Waals surface area contributed by atoms with Crippen LogP contribution in [-0.4, -0.2) is 36.3 Å². The van der Waals surface area contributed by atoms with E-state index in [9.17, 15) is 19.2 Å². The highest BCUT2D eigenvalue weighted by molar-refractivity contribution is 6.00. The number of unbranched alkanes of at least 4 members (excludes halogenated alkanes) is 1. The van der Waals surface area contributed by atoms with Crippen molar-refractivity contribution in [3.8, 4) is 0 Å². The first kappa shape index (κ1) is 21.1. The molecule has 0 aliphatic rings. The average Bonchev–Trinajstić information content (AvgIpc) is 2.72. The van der Waals surface area contributed by atoms with E-state index >= 15 is 0 Å². The van der Waals surface area contributed by atoms with E-state index in [1.54, 1.807) is 7.05 Å². The monoisotopic (exact) mass is 383 g/mol. The fourth-order valence-corrected chi connectivity index (χ4v) is 2.82. The molecule has 7 heteroatoms. The van der Waals surface area contributed by atoms with Gasteiger partial charge in [-0.15, -0.1) is 0 Å². The van der Waals surface area contributed by atoms with Crippen LogP contribution in [0.2, 0.25) is 0 Å². The summed E-state index contributed by atoms with van der Waals surface area (Å²) >= 11 is 0. The number of nitrogens with zero attached hydrogens (tertiary/aromatic N) is 1. The van der Waals surface area contributed by atoms with Crippen LogP contribution in [0.15, 0.2) is 47.4 Å². The number of nitrogens with one attached hydrogen (secondary N) is 2. The molecule has 0 radical (unpaired) electrons. The normalized spacial score (nSPS) is 10.4. The summed E-state index contributed by atoms with van der Waals surface area (Å²) in [6.45, 7) is 0.265. The van der Waals surface area contributed by atoms with Crippen LogP contribution in [-0.2, 0) is 11.3 Å². The van der Waals surface area contributed by atoms with Gasteiger partial charge in [0, 0.05) is 38.7 Å². The highest BCUT2D eigenvalue weighted by atomic mass is 16.2. The summed E-state index contributed by atoms with van der Waals surface area (Å²) in [6, 6.07) is 10.7. The van der Waals surface area contributed by atoms with Crippen molar-refractivity contribution in [1.82, 2.24) is 15.2 Å². The van der Waals surface area contributed by atoms with E-state index in [2.05, 4.69) is 10.6 Å². The minimum absolute atomic E-state index is 0.0605. The SMILES string of the molecule is CNC(=O)CCCCC(=O)c1cc(C(=O)NC)c(=O)n(Cc2ccccc2)c1. The standard InChI is InChI=1S/C21H25N3O4/c1-22-19(26)11-7-6-10-18(25)16-12-17(20(27)23-2)21(28)24(14-16)13-15-8-4-3-5-9-15/h3-5,8-9,12,14H,6-7,10-11,13H2,1-2H3,(H,22,26)(H,23,27). The number of aromatic nitrogens is 1. The molecule has 0 fully saturated rings. The molecule has 0 spiro atoms. The molecular weight excluding hydrogens is 358 g/mol. The molecule has 0 unspecified atom stereocenters. The van der Waals surface area contributed by atoms with Gasteiger partial charge in [-0.2, -0.15) is 0 Å². The number of pyridine rings is 1. The Morgan fingerprint density at radius 1 is 0.964 bits per heavy atom. The fourth-order valence-electron chi connectivity index (χ4n) is 2.82. The molecule has 2 N–H and O–H groups in total. The Balaban J connectivity index is 2.24. The predicted molar refractivity (Wildman–Crippen MR) is 107 cm³/mol. The second kappa shape index (κ2) is 10.2. The van der Waals surface area contributed by atoms with Gasteiger partial charge in [0.05, 0.1) is 6.54 Å². The second-order valence-electron chi connectivity index (χ2n) is 6.44. The summed E-state index contributed by atoms with van der Waals surface area (Å²) < 4.78 is 1.39. The number of carbonyl (C=O) groups is 3. The van der Waals surface area contributed by atoms with Crippen LogP contribution in [0.3, 0.4) is 0 Å². The zero-order valence-electron chi connectivity index (χ0n) is 16.2. The summed E-state index contributed by atoms with van der Waals surface area (Å²) in [5.74, 6) is -0.754. The Labute approximate surface area is 163 Å². The molecule has 1 heterocycles. The molecule has 28 heavy (non-hydrogen) atoms. The van der Waals surface area contributed by atoms with E-state index in [-0.39, 0.29) is 30.2 Å². The van der Waals surface area contributed by atoms with Gasteiger partial charge >= 0.3 is 0 Å². The van der Waals surface area contributed by atoms with E-state index in [0.29, 0.717) is 24.8 Å². The van der Waals surface area contributed by atoms with Gasteiger partial charge in [-0.05, 0) is 24.5 Å². The number of hydrogen-bond donors (Lipinski definition) is 2. The maximum absolute atomic E-state index is 12.7. The largest absolute Gasteiger partial charge is 0.359 e. The first-order valence-corrected chi connectivity index (χ1v) is 9.20. The van der Waals surface area contributed by atoms with Crippen LogP contribution in [0, 0.1) is 0 Å². The van der Waals surface area contributed by atoms with Crippen molar-refractivity contribution in [1.29, 1.82) is 0 Å². The van der Waals surface area contributed by atoms with Crippen molar-refractivity contribution in [3.05, 3.63) is 69.6 Å². The van der Waals surface area contributed by atoms with Gasteiger partial charge in [0.1, 0.15) is 5.56 Å². The van der Waals surface area contributed by atoms with Crippen LogP contribution in [0.1, 0.15) is 52.0 Å². The van der Waals surface area contributed by atoms with Crippen molar-refractivity contribution in [2.24, 2.45) is 0 Å². The lowest BCUT2D eigenvalue weighted by Gasteiger charge is -2.11. The van der Waals surface area contributed by atoms with E-state index < -0.39 is 11.5 Å². The average molecular weight is 383 g/mol. The Morgan fingerprint density at radius 2 is 1.64 bits per heavy atom. The van der Waals surface area contributed by atoms with Gasteiger partial charge in [0.2, 0.25) is 5.91 Å². The third-order valence-electron chi connectivity index (χ3n) is 4.41. The number of Topliss-reactive ketones (excluding diaryl/α,β-unsaturated/α-hetero) is 1. The number of benzene rings is 1. The molecule has 0 saturated carbocycles. The van der Waals surface area contributed by atoms with Gasteiger partial charge in [0.25, 0.3) is 11.5 Å². The van der Waals surface area contributed by atoms with Crippen LogP contribution in [0.25, 0.3) is 0 Å². The van der Waals surface area contributed by atoms with Gasteiger partial charge in [0.15, 0.2) is 5.78 Å². The van der Waals surface area contributed by atoms with E-state index in [1.165, 1.54) is 23.9 Å². The topological polar surface area (TPSA) is 97.3 Å². The minimum Gasteiger partial charge on any atom is -0.359 e. The lowest BCUT2D eigenvalue weighted by molar-refractivity contribution is -0.120. The Hall–Kier alpha value is -3.22. The van der Waals surface area contributed by atoms with Crippen molar-refractivity contribution in [3.63, 3.8) is 0 Å². The molecule has 1 aromatic heterocycles. The third-order valence-corrected chi connectivity index (χ3v) is 4.41. The summed E-state index contributed by atoms with van der Waals surface area (Å²) in [6.07, 6.45) is 3.26. The van der Waals surface area contributed by atoms with Gasteiger partial charge < -0.3 is 15.2 Å². The van der Waals surface area contributed by atoms with E-state index in [1.807, 2.05) is 30.3 Å². The highest BCUT2D eigenvalue weighted by Gasteiger charge is 2.17. The molecule has 1 aromatic carbocycles. The van der Waals surface area contributed by atoms with Crippen molar-refractivity contribution in [2.45, 2.75) is 32.2 Å². The van der Waals surface area contributed by atoms with E-state index in [4.69, 9.17) is 0 Å². The summed E-state index contributed by atoms with van der Waals surface area (Å²) in [5, 5.41) is 4.98. The lowest BCUT2D eigenvalue weighted by atomic mass is 10.0. The molecule has 2 amide bonds. The van der Waals surface area contributed by atoms with E-state index in [0.717, 1.165) is 5.56 Å². The van der Waals surface area contributed by atoms with Gasteiger partial charge in [-0.3, -0.25) is 19.2 Å². The molecule has 2 aromatic rings. The number of ketones is 1. The van der Waals surface area contributed by atoms with Crippen LogP contribution >= 0.6 is 0 Å². The van der Waals surface area contributed by atoms with Crippen LogP contribution < -0.4 is 16.2 Å². The maximum atomic E-state index is 12.7. The smallest absolute Gasteiger partial charge is 0.263 e. The van der Waals surface area contributed by atoms with Crippen LogP contribution in [0.4, 0.5) is 0 Å². The second-order valence-corrected chi connectivity index (χ2v) is 6.44. The molecule has 0 saturated heterocycles. The Kier molecular flexibility index (Phi) is 7.68. The number of carbonyl (C=O) groups excluding carboxylic acids is 3. The quantitative estimate of drug-likeness (QED) is 0.509. The molecule has 7 nitrogen and oxygen atoms in total. The molecule has 0 aliphatic heterocycles. The molecule has 148 valence electrons. The third kappa shape index (κ3) is 5.64. The first-order chi connectivity index (χ1) is 13.5.